The number of rotatable bonds is 4. The highest BCUT2D eigenvalue weighted by atomic mass is 32.1. The molecule has 1 N–H and O–H groups in total. The van der Waals surface area contributed by atoms with Gasteiger partial charge < -0.3 is 5.32 Å². The van der Waals surface area contributed by atoms with Crippen LogP contribution in [0.5, 0.6) is 0 Å². The Morgan fingerprint density at radius 2 is 2.14 bits per heavy atom. The van der Waals surface area contributed by atoms with E-state index in [1.807, 2.05) is 0 Å². The van der Waals surface area contributed by atoms with Gasteiger partial charge in [-0.15, -0.1) is 11.3 Å². The molecule has 0 aliphatic heterocycles. The third-order valence-corrected chi connectivity index (χ3v) is 3.39. The van der Waals surface area contributed by atoms with Crippen molar-refractivity contribution in [2.24, 2.45) is 0 Å². The van der Waals surface area contributed by atoms with Crippen LogP contribution in [0.3, 0.4) is 0 Å². The summed E-state index contributed by atoms with van der Waals surface area (Å²) in [6, 6.07) is 1.41. The summed E-state index contributed by atoms with van der Waals surface area (Å²) in [5.41, 5.74) is -1.60. The average molecular weight is 332 g/mol. The fourth-order valence-electron chi connectivity index (χ4n) is 1.59. The van der Waals surface area contributed by atoms with Gasteiger partial charge in [-0.05, 0) is 13.0 Å². The first-order chi connectivity index (χ1) is 10.3. The first kappa shape index (κ1) is 16.1. The van der Waals surface area contributed by atoms with Gasteiger partial charge in [-0.25, -0.2) is 9.67 Å². The number of aryl methyl sites for hydroxylation is 1. The van der Waals surface area contributed by atoms with Gasteiger partial charge in [-0.2, -0.15) is 18.3 Å². The van der Waals surface area contributed by atoms with Gasteiger partial charge in [0.05, 0.1) is 11.6 Å². The highest BCUT2D eigenvalue weighted by Gasteiger charge is 2.33. The molecule has 6 nitrogen and oxygen atoms in total. The number of aromatic nitrogens is 3. The summed E-state index contributed by atoms with van der Waals surface area (Å²) in [5.74, 6) is -0.454. The maximum atomic E-state index is 12.5. The Morgan fingerprint density at radius 3 is 2.73 bits per heavy atom. The summed E-state index contributed by atoms with van der Waals surface area (Å²) in [6.45, 7) is 1.54. The van der Waals surface area contributed by atoms with Crippen LogP contribution in [-0.2, 0) is 12.7 Å². The second-order valence-corrected chi connectivity index (χ2v) is 5.35. The second kappa shape index (κ2) is 6.26. The third kappa shape index (κ3) is 3.91. The van der Waals surface area contributed by atoms with E-state index in [-0.39, 0.29) is 18.8 Å². The van der Waals surface area contributed by atoms with Crippen molar-refractivity contribution in [2.75, 3.05) is 6.54 Å². The monoisotopic (exact) mass is 332 g/mol. The van der Waals surface area contributed by atoms with E-state index in [0.717, 1.165) is 11.1 Å². The molecule has 2 heterocycles. The molecule has 2 rings (SSSR count). The fourth-order valence-corrected chi connectivity index (χ4v) is 2.19. The SMILES string of the molecule is Cc1nc(C(=O)NCCn2nc(C(F)(F)F)ccc2=O)cs1. The normalized spacial score (nSPS) is 11.5. The number of hydrogen-bond acceptors (Lipinski definition) is 5. The molecule has 0 aliphatic carbocycles. The molecular formula is C12H11F3N4O2S. The van der Waals surface area contributed by atoms with Crippen LogP contribution >= 0.6 is 11.3 Å². The van der Waals surface area contributed by atoms with Gasteiger partial charge in [0, 0.05) is 18.0 Å². The van der Waals surface area contributed by atoms with Crippen molar-refractivity contribution in [1.82, 2.24) is 20.1 Å². The van der Waals surface area contributed by atoms with Crippen LogP contribution < -0.4 is 10.9 Å². The number of halogens is 3. The zero-order valence-corrected chi connectivity index (χ0v) is 12.2. The lowest BCUT2D eigenvalue weighted by molar-refractivity contribution is -0.142. The van der Waals surface area contributed by atoms with E-state index in [1.165, 1.54) is 11.3 Å². The molecule has 0 spiro atoms. The molecule has 0 aliphatic rings. The minimum absolute atomic E-state index is 0.0381. The summed E-state index contributed by atoms with van der Waals surface area (Å²) in [7, 11) is 0. The lowest BCUT2D eigenvalue weighted by atomic mass is 10.4. The highest BCUT2D eigenvalue weighted by Crippen LogP contribution is 2.26. The van der Waals surface area contributed by atoms with Gasteiger partial charge in [-0.1, -0.05) is 0 Å². The van der Waals surface area contributed by atoms with Crippen molar-refractivity contribution >= 4 is 17.2 Å². The molecule has 0 unspecified atom stereocenters. The van der Waals surface area contributed by atoms with Crippen molar-refractivity contribution in [3.8, 4) is 0 Å². The highest BCUT2D eigenvalue weighted by molar-refractivity contribution is 7.09. The van der Waals surface area contributed by atoms with Crippen LogP contribution in [0.25, 0.3) is 0 Å². The van der Waals surface area contributed by atoms with E-state index >= 15 is 0 Å². The minimum Gasteiger partial charge on any atom is -0.349 e. The number of amides is 1. The molecular weight excluding hydrogens is 321 g/mol. The maximum absolute atomic E-state index is 12.5. The van der Waals surface area contributed by atoms with Gasteiger partial charge in [0.2, 0.25) is 0 Å². The lowest BCUT2D eigenvalue weighted by Crippen LogP contribution is -2.33. The number of hydrogen-bond donors (Lipinski definition) is 1. The van der Waals surface area contributed by atoms with Gasteiger partial charge >= 0.3 is 6.18 Å². The number of alkyl halides is 3. The summed E-state index contributed by atoms with van der Waals surface area (Å²) in [6.07, 6.45) is -4.63. The van der Waals surface area contributed by atoms with E-state index in [0.29, 0.717) is 10.7 Å². The standard InChI is InChI=1S/C12H11F3N4O2S/c1-7-17-8(6-22-7)11(21)16-4-5-19-10(20)3-2-9(18-19)12(13,14)15/h2-3,6H,4-5H2,1H3,(H,16,21). The molecule has 2 aromatic rings. The van der Waals surface area contributed by atoms with Crippen LogP contribution in [0.4, 0.5) is 13.2 Å². The molecule has 0 aromatic carbocycles. The summed E-state index contributed by atoms with van der Waals surface area (Å²) >= 11 is 1.31. The molecule has 0 saturated heterocycles. The van der Waals surface area contributed by atoms with Crippen LogP contribution in [0, 0.1) is 6.92 Å². The van der Waals surface area contributed by atoms with E-state index in [9.17, 15) is 22.8 Å². The predicted octanol–water partition coefficient (Wildman–Crippen LogP) is 1.46. The Balaban J connectivity index is 2.00. The molecule has 0 fully saturated rings. The predicted molar refractivity (Wildman–Crippen MR) is 72.7 cm³/mol. The summed E-state index contributed by atoms with van der Waals surface area (Å²) < 4.78 is 38.2. The molecule has 1 amide bonds. The fraction of sp³-hybridized carbons (Fsp3) is 0.333. The Labute approximate surface area is 126 Å². The molecule has 0 saturated carbocycles. The first-order valence-electron chi connectivity index (χ1n) is 6.13. The van der Waals surface area contributed by atoms with Crippen molar-refractivity contribution in [3.05, 3.63) is 44.3 Å². The zero-order chi connectivity index (χ0) is 16.3. The van der Waals surface area contributed by atoms with Gasteiger partial charge in [0.15, 0.2) is 5.69 Å². The number of nitrogens with one attached hydrogen (secondary N) is 1. The Morgan fingerprint density at radius 1 is 1.41 bits per heavy atom. The van der Waals surface area contributed by atoms with Crippen molar-refractivity contribution in [2.45, 2.75) is 19.6 Å². The second-order valence-electron chi connectivity index (χ2n) is 4.29. The average Bonchev–Trinajstić information content (AvgIpc) is 2.86. The third-order valence-electron chi connectivity index (χ3n) is 2.62. The van der Waals surface area contributed by atoms with E-state index in [1.54, 1.807) is 12.3 Å². The Hall–Kier alpha value is -2.23. The van der Waals surface area contributed by atoms with Crippen LogP contribution in [0.2, 0.25) is 0 Å². The number of nitrogens with zero attached hydrogens (tertiary/aromatic N) is 3. The smallest absolute Gasteiger partial charge is 0.349 e. The summed E-state index contributed by atoms with van der Waals surface area (Å²) in [4.78, 5) is 27.1. The van der Waals surface area contributed by atoms with E-state index in [4.69, 9.17) is 0 Å². The lowest BCUT2D eigenvalue weighted by Gasteiger charge is -2.09. The molecule has 10 heteroatoms. The van der Waals surface area contributed by atoms with Crippen LogP contribution in [-0.4, -0.2) is 27.2 Å². The molecule has 0 bridgehead atoms. The summed E-state index contributed by atoms with van der Waals surface area (Å²) in [5, 5.41) is 7.99. The number of carbonyl (C=O) groups excluding carboxylic acids is 1. The van der Waals surface area contributed by atoms with Crippen molar-refractivity contribution in [1.29, 1.82) is 0 Å². The van der Waals surface area contributed by atoms with Gasteiger partial charge in [0.1, 0.15) is 5.69 Å². The Bertz CT molecular complexity index is 738. The minimum atomic E-state index is -4.63. The molecule has 0 atom stereocenters. The topological polar surface area (TPSA) is 76.9 Å². The van der Waals surface area contributed by atoms with E-state index in [2.05, 4.69) is 15.4 Å². The largest absolute Gasteiger partial charge is 0.435 e. The van der Waals surface area contributed by atoms with Gasteiger partial charge in [-0.3, -0.25) is 9.59 Å². The molecule has 118 valence electrons. The molecule has 0 radical (unpaired) electrons. The Kier molecular flexibility index (Phi) is 4.59. The molecule has 2 aromatic heterocycles. The molecule has 22 heavy (non-hydrogen) atoms. The van der Waals surface area contributed by atoms with Crippen LogP contribution in [0.1, 0.15) is 21.2 Å². The van der Waals surface area contributed by atoms with Gasteiger partial charge in [0.25, 0.3) is 11.5 Å². The van der Waals surface area contributed by atoms with Crippen molar-refractivity contribution < 1.29 is 18.0 Å². The van der Waals surface area contributed by atoms with Crippen LogP contribution in [0.15, 0.2) is 22.3 Å². The maximum Gasteiger partial charge on any atom is 0.435 e. The number of carbonyl (C=O) groups is 1. The zero-order valence-electron chi connectivity index (χ0n) is 11.3. The van der Waals surface area contributed by atoms with E-state index < -0.39 is 23.3 Å². The van der Waals surface area contributed by atoms with Crippen molar-refractivity contribution in [3.63, 3.8) is 0 Å². The number of thiazole rings is 1. The first-order valence-corrected chi connectivity index (χ1v) is 7.01. The quantitative estimate of drug-likeness (QED) is 0.919.